The number of benzene rings is 10. The minimum atomic E-state index is -0.243. The molecule has 396 valence electrons. The largest absolute Gasteiger partial charge is 0.454 e. The lowest BCUT2D eigenvalue weighted by atomic mass is 9.84. The van der Waals surface area contributed by atoms with Crippen molar-refractivity contribution in [2.75, 3.05) is 9.80 Å². The Bertz CT molecular complexity index is 5340. The van der Waals surface area contributed by atoms with Crippen LogP contribution >= 0.6 is 0 Å². The van der Waals surface area contributed by atoms with Crippen LogP contribution in [0.5, 0.6) is 0 Å². The van der Waals surface area contributed by atoms with Gasteiger partial charge in [0.1, 0.15) is 33.5 Å². The molecular weight excluding hydrogens is 1010 g/mol. The molecule has 82 heavy (non-hydrogen) atoms. The lowest BCUT2D eigenvalue weighted by Gasteiger charge is -2.27. The first-order valence-electron chi connectivity index (χ1n) is 28.3. The van der Waals surface area contributed by atoms with Gasteiger partial charge in [-0.1, -0.05) is 194 Å². The van der Waals surface area contributed by atoms with E-state index in [2.05, 4.69) is 276 Å². The number of nitrogens with zero attached hydrogens (tertiary/aromatic N) is 3. The van der Waals surface area contributed by atoms with Crippen LogP contribution in [0, 0.1) is 5.41 Å². The molecular formula is C75H57N3O4. The SMILES string of the molecule is C=C(c1oc2c(N(c3ccccc3)c3cc4c5ccccc5oc4c4c3c3cccc5c6c(N(c7ccccc7)c7cccc8c7oc7c(C(C)(C)C)cccc78)cc7c8ccccc8oc7c6n4c35)cccc2c1/C=C\C)C(C)(C)C. The van der Waals surface area contributed by atoms with Gasteiger partial charge in [-0.05, 0) is 84.0 Å². The minimum Gasteiger partial charge on any atom is -0.454 e. The normalized spacial score (nSPS) is 12.8. The summed E-state index contributed by atoms with van der Waals surface area (Å²) >= 11 is 0. The van der Waals surface area contributed by atoms with Gasteiger partial charge < -0.3 is 31.9 Å². The lowest BCUT2D eigenvalue weighted by molar-refractivity contribution is 0.525. The molecule has 10 aromatic carbocycles. The summed E-state index contributed by atoms with van der Waals surface area (Å²) in [5.41, 5.74) is 17.1. The van der Waals surface area contributed by atoms with E-state index < -0.39 is 0 Å². The number of hydrogen-bond donors (Lipinski definition) is 0. The zero-order valence-electron chi connectivity index (χ0n) is 46.8. The Kier molecular flexibility index (Phi) is 10.1. The van der Waals surface area contributed by atoms with Gasteiger partial charge in [-0.15, -0.1) is 0 Å². The van der Waals surface area contributed by atoms with E-state index in [1.54, 1.807) is 0 Å². The molecule has 7 nitrogen and oxygen atoms in total. The number of fused-ring (bicyclic) bond motifs is 18. The highest BCUT2D eigenvalue weighted by atomic mass is 16.3. The van der Waals surface area contributed by atoms with Crippen LogP contribution in [-0.2, 0) is 5.41 Å². The smallest absolute Gasteiger partial charge is 0.160 e. The molecule has 6 aromatic heterocycles. The zero-order chi connectivity index (χ0) is 55.5. The Labute approximate surface area is 473 Å². The molecule has 0 aliphatic carbocycles. The van der Waals surface area contributed by atoms with Crippen molar-refractivity contribution in [3.63, 3.8) is 0 Å². The van der Waals surface area contributed by atoms with Crippen LogP contribution in [0.2, 0.25) is 0 Å². The average molecular weight is 1060 g/mol. The number of aromatic nitrogens is 1. The molecule has 0 spiro atoms. The third-order valence-corrected chi connectivity index (χ3v) is 17.0. The molecule has 0 saturated carbocycles. The molecule has 0 N–H and O–H groups in total. The molecule has 16 rings (SSSR count). The van der Waals surface area contributed by atoms with Crippen molar-refractivity contribution in [1.82, 2.24) is 4.40 Å². The standard InChI is InChI=1S/C75H57N3O4/c1-9-24-48-50-32-22-37-57(70(50)81-68(48)43(2)74(3,4)5)76(44-25-12-10-13-26-44)59-41-54-46-29-16-18-39-61(46)79-72(54)66-63(59)52-34-20-35-53-64-60(42-55-47-30-17-19-40-62(47)80-73(55)67(64)78(66)65(52)53)77(45-27-14-11-15-28-45)58-38-23-33-51-49-31-21-36-56(75(6,7)8)69(49)82-71(51)58/h9-42H,2H2,1,3-8H3/b24-9-. The topological polar surface area (TPSA) is 63.5 Å². The van der Waals surface area contributed by atoms with Gasteiger partial charge in [0, 0.05) is 81.8 Å². The average Bonchev–Trinajstić information content (AvgIpc) is 1.89. The van der Waals surface area contributed by atoms with Gasteiger partial charge in [-0.25, -0.2) is 0 Å². The van der Waals surface area contributed by atoms with Gasteiger partial charge in [0.2, 0.25) is 0 Å². The summed E-state index contributed by atoms with van der Waals surface area (Å²) in [7, 11) is 0. The monoisotopic (exact) mass is 1060 g/mol. The van der Waals surface area contributed by atoms with Gasteiger partial charge >= 0.3 is 0 Å². The van der Waals surface area contributed by atoms with Gasteiger partial charge in [-0.2, -0.15) is 0 Å². The molecule has 7 heteroatoms. The van der Waals surface area contributed by atoms with E-state index in [0.29, 0.717) is 0 Å². The summed E-state index contributed by atoms with van der Waals surface area (Å²) in [6.07, 6.45) is 4.24. The Hall–Kier alpha value is -9.98. The number of hydrogen-bond acceptors (Lipinski definition) is 6. The maximum absolute atomic E-state index is 7.27. The Balaban J connectivity index is 1.09. The van der Waals surface area contributed by atoms with Crippen molar-refractivity contribution in [1.29, 1.82) is 0 Å². The maximum Gasteiger partial charge on any atom is 0.160 e. The fourth-order valence-electron chi connectivity index (χ4n) is 13.2. The molecule has 0 aliphatic heterocycles. The van der Waals surface area contributed by atoms with Crippen molar-refractivity contribution in [2.24, 2.45) is 5.41 Å². The summed E-state index contributed by atoms with van der Waals surface area (Å²) in [5.74, 6) is 0.788. The Morgan fingerprint density at radius 2 is 0.866 bits per heavy atom. The van der Waals surface area contributed by atoms with Gasteiger partial charge in [0.15, 0.2) is 22.3 Å². The third-order valence-electron chi connectivity index (χ3n) is 17.0. The molecule has 0 unspecified atom stereocenters. The van der Waals surface area contributed by atoms with Crippen LogP contribution in [0.15, 0.2) is 224 Å². The van der Waals surface area contributed by atoms with Crippen LogP contribution in [0.4, 0.5) is 34.1 Å². The number of allylic oxidation sites excluding steroid dienone is 2. The lowest BCUT2D eigenvalue weighted by Crippen LogP contribution is -2.11. The fourth-order valence-corrected chi connectivity index (χ4v) is 13.2. The van der Waals surface area contributed by atoms with Crippen molar-refractivity contribution in [3.8, 4) is 0 Å². The van der Waals surface area contributed by atoms with Crippen molar-refractivity contribution in [2.45, 2.75) is 53.9 Å². The molecule has 0 fully saturated rings. The maximum atomic E-state index is 7.27. The molecule has 0 bridgehead atoms. The summed E-state index contributed by atoms with van der Waals surface area (Å²) < 4.78 is 31.5. The summed E-state index contributed by atoms with van der Waals surface area (Å²) in [6.45, 7) is 20.0. The van der Waals surface area contributed by atoms with E-state index in [9.17, 15) is 0 Å². The summed E-state index contributed by atoms with van der Waals surface area (Å²) in [5, 5.41) is 11.4. The predicted molar refractivity (Wildman–Crippen MR) is 344 cm³/mol. The molecule has 0 amide bonds. The van der Waals surface area contributed by atoms with Crippen LogP contribution < -0.4 is 9.80 Å². The minimum absolute atomic E-state index is 0.147. The van der Waals surface area contributed by atoms with Crippen LogP contribution in [0.3, 0.4) is 0 Å². The summed E-state index contributed by atoms with van der Waals surface area (Å²) in [6, 6.07) is 69.3. The first-order valence-corrected chi connectivity index (χ1v) is 28.3. The van der Waals surface area contributed by atoms with E-state index in [4.69, 9.17) is 17.7 Å². The van der Waals surface area contributed by atoms with Gasteiger partial charge in [0.25, 0.3) is 0 Å². The van der Waals surface area contributed by atoms with Crippen molar-refractivity contribution >= 4 is 161 Å². The number of anilines is 6. The molecule has 0 saturated heterocycles. The second kappa shape index (κ2) is 17.3. The molecule has 0 radical (unpaired) electrons. The second-order valence-electron chi connectivity index (χ2n) is 24.0. The number of rotatable bonds is 8. The molecule has 0 atom stereocenters. The third kappa shape index (κ3) is 6.71. The molecule has 16 aromatic rings. The van der Waals surface area contributed by atoms with E-state index in [-0.39, 0.29) is 10.8 Å². The highest BCUT2D eigenvalue weighted by Gasteiger charge is 2.34. The van der Waals surface area contributed by atoms with E-state index in [0.717, 1.165) is 166 Å². The van der Waals surface area contributed by atoms with Gasteiger partial charge in [-0.3, -0.25) is 0 Å². The molecule has 0 aliphatic rings. The number of furan rings is 4. The van der Waals surface area contributed by atoms with Gasteiger partial charge in [0.05, 0.1) is 28.3 Å². The quantitative estimate of drug-likeness (QED) is 0.151. The highest BCUT2D eigenvalue weighted by Crippen LogP contribution is 2.56. The van der Waals surface area contributed by atoms with Crippen LogP contribution in [0.25, 0.3) is 127 Å². The Morgan fingerprint density at radius 1 is 0.415 bits per heavy atom. The van der Waals surface area contributed by atoms with Crippen molar-refractivity contribution < 1.29 is 17.7 Å². The van der Waals surface area contributed by atoms with Crippen LogP contribution in [0.1, 0.15) is 65.4 Å². The van der Waals surface area contributed by atoms with E-state index in [1.165, 1.54) is 5.56 Å². The first-order chi connectivity index (χ1) is 39.9. The fraction of sp³-hybridized carbons (Fsp3) is 0.120. The van der Waals surface area contributed by atoms with Crippen molar-refractivity contribution in [3.05, 3.63) is 224 Å². The predicted octanol–water partition coefficient (Wildman–Crippen LogP) is 22.6. The highest BCUT2D eigenvalue weighted by molar-refractivity contribution is 6.36. The summed E-state index contributed by atoms with van der Waals surface area (Å²) in [4.78, 5) is 4.80. The number of para-hydroxylation sites is 8. The molecule has 6 heterocycles. The first kappa shape index (κ1) is 48.0. The van der Waals surface area contributed by atoms with Crippen LogP contribution in [-0.4, -0.2) is 4.40 Å². The second-order valence-corrected chi connectivity index (χ2v) is 24.0. The Morgan fingerprint density at radius 3 is 1.39 bits per heavy atom. The van der Waals surface area contributed by atoms with E-state index in [1.807, 2.05) is 0 Å². The zero-order valence-corrected chi connectivity index (χ0v) is 46.8. The van der Waals surface area contributed by atoms with E-state index >= 15 is 0 Å².